The SMILES string of the molecule is CC.COc1ccc(C)c(Sc2nc3c(N)ncnc3n2CCNCCNS(N)(=O)=O)c1. The fourth-order valence-electron chi connectivity index (χ4n) is 2.73. The topological polar surface area (TPSA) is 163 Å². The Kier molecular flexibility index (Phi) is 9.65. The molecule has 0 aliphatic heterocycles. The van der Waals surface area contributed by atoms with Gasteiger partial charge in [-0.25, -0.2) is 24.8 Å². The predicted octanol–water partition coefficient (Wildman–Crippen LogP) is 1.29. The van der Waals surface area contributed by atoms with E-state index in [1.165, 1.54) is 18.1 Å². The van der Waals surface area contributed by atoms with Crippen molar-refractivity contribution in [2.45, 2.75) is 37.4 Å². The van der Waals surface area contributed by atoms with Crippen molar-refractivity contribution in [3.63, 3.8) is 0 Å². The molecule has 0 fully saturated rings. The van der Waals surface area contributed by atoms with Crippen molar-refractivity contribution < 1.29 is 13.2 Å². The molecule has 2 aromatic heterocycles. The van der Waals surface area contributed by atoms with Crippen molar-refractivity contribution >= 4 is 39.0 Å². The Bertz CT molecular complexity index is 1140. The van der Waals surface area contributed by atoms with Gasteiger partial charge in [0, 0.05) is 31.1 Å². The molecule has 6 N–H and O–H groups in total. The van der Waals surface area contributed by atoms with Crippen LogP contribution in [-0.4, -0.2) is 54.7 Å². The fourth-order valence-corrected chi connectivity index (χ4v) is 4.14. The maximum absolute atomic E-state index is 10.9. The molecule has 3 aromatic rings. The van der Waals surface area contributed by atoms with Gasteiger partial charge in [0.15, 0.2) is 22.1 Å². The lowest BCUT2D eigenvalue weighted by atomic mass is 10.2. The lowest BCUT2D eigenvalue weighted by molar-refractivity contribution is 0.413. The predicted molar refractivity (Wildman–Crippen MR) is 127 cm³/mol. The van der Waals surface area contributed by atoms with Gasteiger partial charge < -0.3 is 20.4 Å². The van der Waals surface area contributed by atoms with Crippen LogP contribution in [0.4, 0.5) is 5.82 Å². The van der Waals surface area contributed by atoms with Crippen LogP contribution >= 0.6 is 11.8 Å². The highest BCUT2D eigenvalue weighted by atomic mass is 32.2. The Morgan fingerprint density at radius 1 is 1.19 bits per heavy atom. The van der Waals surface area contributed by atoms with Crippen LogP contribution in [0, 0.1) is 6.92 Å². The van der Waals surface area contributed by atoms with Gasteiger partial charge in [-0.2, -0.15) is 8.42 Å². The minimum atomic E-state index is -3.69. The molecule has 0 unspecified atom stereocenters. The number of rotatable bonds is 10. The minimum absolute atomic E-state index is 0.198. The summed E-state index contributed by atoms with van der Waals surface area (Å²) >= 11 is 1.49. The van der Waals surface area contributed by atoms with Crippen molar-refractivity contribution in [3.8, 4) is 5.75 Å². The van der Waals surface area contributed by atoms with Gasteiger partial charge in [-0.15, -0.1) is 0 Å². The van der Waals surface area contributed by atoms with E-state index in [0.717, 1.165) is 21.4 Å². The number of benzene rings is 1. The van der Waals surface area contributed by atoms with Gasteiger partial charge >= 0.3 is 0 Å². The number of ether oxygens (including phenoxy) is 1. The highest BCUT2D eigenvalue weighted by Crippen LogP contribution is 2.34. The molecule has 0 atom stereocenters. The maximum atomic E-state index is 10.9. The van der Waals surface area contributed by atoms with E-state index in [1.54, 1.807) is 7.11 Å². The number of aromatic nitrogens is 4. The van der Waals surface area contributed by atoms with E-state index in [4.69, 9.17) is 15.6 Å². The standard InChI is InChI=1S/C17H24N8O3S2.C2H6/c1-11-3-4-12(28-2)9-13(11)29-17-24-14-15(18)21-10-22-16(14)25(17)8-7-20-5-6-23-30(19,26)27;1-2/h3-4,9-10,20,23H,5-8H2,1-2H3,(H2,18,21,22)(H2,19,26,27);1-2H3. The molecule has 0 radical (unpaired) electrons. The molecule has 13 heteroatoms. The number of nitrogens with one attached hydrogen (secondary N) is 2. The smallest absolute Gasteiger partial charge is 0.274 e. The summed E-state index contributed by atoms with van der Waals surface area (Å²) in [4.78, 5) is 14.0. The largest absolute Gasteiger partial charge is 0.497 e. The minimum Gasteiger partial charge on any atom is -0.497 e. The summed E-state index contributed by atoms with van der Waals surface area (Å²) in [5.41, 5.74) is 8.25. The van der Waals surface area contributed by atoms with Gasteiger partial charge in [0.2, 0.25) is 0 Å². The van der Waals surface area contributed by atoms with Crippen LogP contribution in [-0.2, 0) is 16.8 Å². The van der Waals surface area contributed by atoms with E-state index in [9.17, 15) is 8.42 Å². The molecule has 0 spiro atoms. The van der Waals surface area contributed by atoms with Crippen molar-refractivity contribution in [2.24, 2.45) is 5.14 Å². The van der Waals surface area contributed by atoms with E-state index in [2.05, 4.69) is 25.0 Å². The van der Waals surface area contributed by atoms with E-state index in [1.807, 2.05) is 43.5 Å². The molecule has 0 aliphatic rings. The molecule has 0 amide bonds. The molecule has 176 valence electrons. The second-order valence-corrected chi connectivity index (χ2v) is 8.79. The van der Waals surface area contributed by atoms with E-state index < -0.39 is 10.2 Å². The van der Waals surface area contributed by atoms with Gasteiger partial charge in [0.25, 0.3) is 10.2 Å². The number of hydrogen-bond acceptors (Lipinski definition) is 9. The number of methoxy groups -OCH3 is 1. The summed E-state index contributed by atoms with van der Waals surface area (Å²) in [6, 6.07) is 5.85. The average Bonchev–Trinajstić information content (AvgIpc) is 3.11. The van der Waals surface area contributed by atoms with Gasteiger partial charge in [0.05, 0.1) is 7.11 Å². The molecule has 0 saturated carbocycles. The second-order valence-electron chi connectivity index (χ2n) is 6.40. The van der Waals surface area contributed by atoms with E-state index in [-0.39, 0.29) is 6.54 Å². The first kappa shape index (κ1) is 25.8. The lowest BCUT2D eigenvalue weighted by Crippen LogP contribution is -2.36. The summed E-state index contributed by atoms with van der Waals surface area (Å²) in [5.74, 6) is 1.07. The third-order valence-corrected chi connectivity index (χ3v) is 6.00. The molecular formula is C19H30N8O3S2. The van der Waals surface area contributed by atoms with Crippen LogP contribution in [0.1, 0.15) is 19.4 Å². The van der Waals surface area contributed by atoms with E-state index >= 15 is 0 Å². The van der Waals surface area contributed by atoms with Gasteiger partial charge in [0.1, 0.15) is 12.1 Å². The van der Waals surface area contributed by atoms with Crippen LogP contribution in [0.5, 0.6) is 5.75 Å². The maximum Gasteiger partial charge on any atom is 0.274 e. The Labute approximate surface area is 192 Å². The Balaban J connectivity index is 0.00000176. The fraction of sp³-hybridized carbons (Fsp3) is 0.421. The van der Waals surface area contributed by atoms with Crippen molar-refractivity contribution in [2.75, 3.05) is 32.5 Å². The van der Waals surface area contributed by atoms with Crippen molar-refractivity contribution in [1.82, 2.24) is 29.6 Å². The number of fused-ring (bicyclic) bond motifs is 1. The molecule has 11 nitrogen and oxygen atoms in total. The van der Waals surface area contributed by atoms with Crippen LogP contribution in [0.2, 0.25) is 0 Å². The average molecular weight is 483 g/mol. The molecule has 0 bridgehead atoms. The molecule has 0 aliphatic carbocycles. The number of imidazole rings is 1. The zero-order chi connectivity index (χ0) is 23.7. The molecule has 2 heterocycles. The first-order valence-electron chi connectivity index (χ1n) is 10.1. The van der Waals surface area contributed by atoms with Gasteiger partial charge in [-0.05, 0) is 24.6 Å². The highest BCUT2D eigenvalue weighted by Gasteiger charge is 2.17. The van der Waals surface area contributed by atoms with Crippen molar-refractivity contribution in [3.05, 3.63) is 30.1 Å². The normalized spacial score (nSPS) is 11.3. The third-order valence-electron chi connectivity index (χ3n) is 4.24. The number of nitrogens with zero attached hydrogens (tertiary/aromatic N) is 4. The first-order chi connectivity index (χ1) is 15.3. The Hall–Kier alpha value is -2.45. The number of aryl methyl sites for hydroxylation is 1. The summed E-state index contributed by atoms with van der Waals surface area (Å²) in [5, 5.41) is 8.79. The van der Waals surface area contributed by atoms with Gasteiger partial charge in [-0.3, -0.25) is 0 Å². The van der Waals surface area contributed by atoms with Crippen LogP contribution in [0.15, 0.2) is 34.6 Å². The zero-order valence-electron chi connectivity index (χ0n) is 18.6. The Morgan fingerprint density at radius 2 is 1.94 bits per heavy atom. The zero-order valence-corrected chi connectivity index (χ0v) is 20.3. The molecule has 0 saturated heterocycles. The third kappa shape index (κ3) is 7.03. The first-order valence-corrected chi connectivity index (χ1v) is 12.4. The Morgan fingerprint density at radius 3 is 2.62 bits per heavy atom. The summed E-state index contributed by atoms with van der Waals surface area (Å²) in [6.45, 7) is 7.75. The molecular weight excluding hydrogens is 452 g/mol. The number of anilines is 1. The lowest BCUT2D eigenvalue weighted by Gasteiger charge is -2.11. The van der Waals surface area contributed by atoms with Crippen LogP contribution in [0.3, 0.4) is 0 Å². The van der Waals surface area contributed by atoms with Gasteiger partial charge in [-0.1, -0.05) is 31.7 Å². The summed E-state index contributed by atoms with van der Waals surface area (Å²) in [6.07, 6.45) is 1.41. The molecule has 3 rings (SSSR count). The highest BCUT2D eigenvalue weighted by molar-refractivity contribution is 7.99. The van der Waals surface area contributed by atoms with Crippen molar-refractivity contribution in [1.29, 1.82) is 0 Å². The molecule has 1 aromatic carbocycles. The number of nitrogens with two attached hydrogens (primary N) is 2. The molecule has 32 heavy (non-hydrogen) atoms. The van der Waals surface area contributed by atoms with Crippen LogP contribution < -0.4 is 25.6 Å². The summed E-state index contributed by atoms with van der Waals surface area (Å²) < 4.78 is 31.3. The van der Waals surface area contributed by atoms with Crippen LogP contribution in [0.25, 0.3) is 11.2 Å². The second kappa shape index (κ2) is 12.0. The van der Waals surface area contributed by atoms with E-state index in [0.29, 0.717) is 36.6 Å². The number of hydrogen-bond donors (Lipinski definition) is 4. The number of nitrogen functional groups attached to an aromatic ring is 1. The summed E-state index contributed by atoms with van der Waals surface area (Å²) in [7, 11) is -2.06. The monoisotopic (exact) mass is 482 g/mol. The quantitative estimate of drug-likeness (QED) is 0.312.